The van der Waals surface area contributed by atoms with Crippen molar-refractivity contribution in [2.24, 2.45) is 7.05 Å². The minimum Gasteiger partial charge on any atom is -0.454 e. The number of hydrogen-bond acceptors (Lipinski definition) is 6. The molecule has 0 aliphatic heterocycles. The van der Waals surface area contributed by atoms with E-state index in [1.54, 1.807) is 19.1 Å². The van der Waals surface area contributed by atoms with E-state index in [9.17, 15) is 22.0 Å². The fourth-order valence-electron chi connectivity index (χ4n) is 3.26. The van der Waals surface area contributed by atoms with E-state index in [1.165, 1.54) is 23.9 Å². The van der Waals surface area contributed by atoms with Gasteiger partial charge in [0.05, 0.1) is 5.75 Å². The highest BCUT2D eigenvalue weighted by atomic mass is 32.2. The molecule has 0 unspecified atom stereocenters. The van der Waals surface area contributed by atoms with Gasteiger partial charge in [-0.05, 0) is 29.8 Å². The van der Waals surface area contributed by atoms with Gasteiger partial charge in [0, 0.05) is 36.2 Å². The van der Waals surface area contributed by atoms with E-state index < -0.39 is 21.5 Å². The fourth-order valence-corrected chi connectivity index (χ4v) is 4.15. The summed E-state index contributed by atoms with van der Waals surface area (Å²) in [6.07, 6.45) is 2.62. The Bertz CT molecular complexity index is 1490. The molecular weight excluding hydrogens is 442 g/mol. The number of ether oxygens (including phenoxy) is 1. The number of aromatic nitrogens is 2. The van der Waals surface area contributed by atoms with Crippen LogP contribution >= 0.6 is 0 Å². The van der Waals surface area contributed by atoms with E-state index in [0.717, 1.165) is 18.5 Å². The third kappa shape index (κ3) is 4.13. The maximum atomic E-state index is 14.2. The van der Waals surface area contributed by atoms with Gasteiger partial charge in [0.15, 0.2) is 38.9 Å². The summed E-state index contributed by atoms with van der Waals surface area (Å²) in [6, 6.07) is 7.51. The van der Waals surface area contributed by atoms with E-state index in [2.05, 4.69) is 4.98 Å². The fraction of sp³-hybridized carbons (Fsp3) is 0.182. The summed E-state index contributed by atoms with van der Waals surface area (Å²) in [5, 5.41) is 0. The van der Waals surface area contributed by atoms with Crippen LogP contribution in [-0.2, 0) is 22.6 Å². The Morgan fingerprint density at radius 2 is 1.84 bits per heavy atom. The molecule has 0 spiro atoms. The third-order valence-corrected chi connectivity index (χ3v) is 6.58. The number of aryl methyl sites for hydroxylation is 1. The summed E-state index contributed by atoms with van der Waals surface area (Å²) in [7, 11) is -1.80. The average Bonchev–Trinajstić information content (AvgIpc) is 3.24. The zero-order chi connectivity index (χ0) is 23.0. The topological polar surface area (TPSA) is 91.4 Å². The molecule has 0 saturated carbocycles. The third-order valence-electron chi connectivity index (χ3n) is 4.93. The van der Waals surface area contributed by atoms with Crippen molar-refractivity contribution in [3.8, 4) is 22.6 Å². The Morgan fingerprint density at radius 1 is 1.09 bits per heavy atom. The number of hydrogen-bond donors (Lipinski definition) is 0. The van der Waals surface area contributed by atoms with Gasteiger partial charge < -0.3 is 13.7 Å². The first-order valence-electron chi connectivity index (χ1n) is 9.58. The number of halogens is 2. The Hall–Kier alpha value is -3.53. The monoisotopic (exact) mass is 460 g/mol. The van der Waals surface area contributed by atoms with E-state index in [0.29, 0.717) is 22.8 Å². The summed E-state index contributed by atoms with van der Waals surface area (Å²) in [5.74, 6) is -1.97. The number of nitrogens with zero attached hydrogens (tertiary/aromatic N) is 2. The maximum absolute atomic E-state index is 14.2. The summed E-state index contributed by atoms with van der Waals surface area (Å²) in [5.41, 5.74) is 1.09. The van der Waals surface area contributed by atoms with Gasteiger partial charge in [-0.1, -0.05) is 13.0 Å². The number of pyridine rings is 1. The van der Waals surface area contributed by atoms with Gasteiger partial charge in [-0.2, -0.15) is 0 Å². The van der Waals surface area contributed by atoms with Crippen LogP contribution in [0.4, 0.5) is 8.78 Å². The summed E-state index contributed by atoms with van der Waals surface area (Å²) in [4.78, 5) is 16.3. The first-order chi connectivity index (χ1) is 15.2. The van der Waals surface area contributed by atoms with E-state index in [1.807, 2.05) is 0 Å². The standard InChI is InChI=1S/C22H18F2N2O5S/c1-3-32(28,29)11-13-4-6-18(31-19-7-5-14(23)9-17(19)24)15(8-13)16-10-26(2)22(27)20-21(16)30-12-25-20/h4-10,12H,3,11H2,1-2H3. The lowest BCUT2D eigenvalue weighted by atomic mass is 10.0. The lowest BCUT2D eigenvalue weighted by molar-refractivity contribution is 0.439. The van der Waals surface area contributed by atoms with Gasteiger partial charge in [0.25, 0.3) is 5.56 Å². The first-order valence-corrected chi connectivity index (χ1v) is 11.4. The average molecular weight is 460 g/mol. The molecule has 0 amide bonds. The zero-order valence-electron chi connectivity index (χ0n) is 17.1. The summed E-state index contributed by atoms with van der Waals surface area (Å²) < 4.78 is 64.3. The van der Waals surface area contributed by atoms with Gasteiger partial charge in [-0.25, -0.2) is 22.2 Å². The van der Waals surface area contributed by atoms with Crippen molar-refractivity contribution in [3.63, 3.8) is 0 Å². The quantitative estimate of drug-likeness (QED) is 0.428. The van der Waals surface area contributed by atoms with Crippen LogP contribution in [0, 0.1) is 11.6 Å². The molecule has 0 fully saturated rings. The molecule has 0 saturated heterocycles. The molecule has 0 aliphatic carbocycles. The van der Waals surface area contributed by atoms with Crippen molar-refractivity contribution in [1.29, 1.82) is 0 Å². The molecule has 0 bridgehead atoms. The largest absolute Gasteiger partial charge is 0.454 e. The van der Waals surface area contributed by atoms with Gasteiger partial charge in [0.1, 0.15) is 11.6 Å². The lowest BCUT2D eigenvalue weighted by Gasteiger charge is -2.15. The highest BCUT2D eigenvalue weighted by molar-refractivity contribution is 7.90. The highest BCUT2D eigenvalue weighted by Crippen LogP contribution is 2.38. The van der Waals surface area contributed by atoms with Crippen LogP contribution in [0.3, 0.4) is 0 Å². The van der Waals surface area contributed by atoms with Crippen molar-refractivity contribution < 1.29 is 26.4 Å². The van der Waals surface area contributed by atoms with Gasteiger partial charge >= 0.3 is 0 Å². The molecule has 0 aliphatic rings. The summed E-state index contributed by atoms with van der Waals surface area (Å²) in [6.45, 7) is 1.55. The van der Waals surface area contributed by atoms with Crippen LogP contribution in [0.1, 0.15) is 12.5 Å². The second-order valence-electron chi connectivity index (χ2n) is 7.17. The lowest BCUT2D eigenvalue weighted by Crippen LogP contribution is -2.16. The Morgan fingerprint density at radius 3 is 2.56 bits per heavy atom. The van der Waals surface area contributed by atoms with E-state index in [4.69, 9.17) is 9.15 Å². The number of benzene rings is 2. The van der Waals surface area contributed by atoms with Crippen LogP contribution in [0.25, 0.3) is 22.2 Å². The molecule has 166 valence electrons. The highest BCUT2D eigenvalue weighted by Gasteiger charge is 2.20. The maximum Gasteiger partial charge on any atom is 0.280 e. The Kier molecular flexibility index (Phi) is 5.55. The van der Waals surface area contributed by atoms with Gasteiger partial charge in [0.2, 0.25) is 0 Å². The predicted octanol–water partition coefficient (Wildman–Crippen LogP) is 4.20. The molecule has 0 atom stereocenters. The predicted molar refractivity (Wildman–Crippen MR) is 114 cm³/mol. The zero-order valence-corrected chi connectivity index (χ0v) is 17.9. The van der Waals surface area contributed by atoms with Crippen LogP contribution in [0.5, 0.6) is 11.5 Å². The molecule has 32 heavy (non-hydrogen) atoms. The number of sulfone groups is 1. The molecule has 0 radical (unpaired) electrons. The Balaban J connectivity index is 1.93. The van der Waals surface area contributed by atoms with Crippen molar-refractivity contribution in [2.75, 3.05) is 5.75 Å². The molecule has 10 heteroatoms. The van der Waals surface area contributed by atoms with Gasteiger partial charge in [-0.15, -0.1) is 0 Å². The Labute approximate surface area is 181 Å². The van der Waals surface area contributed by atoms with Crippen LogP contribution in [0.2, 0.25) is 0 Å². The van der Waals surface area contributed by atoms with Crippen molar-refractivity contribution >= 4 is 20.9 Å². The number of fused-ring (bicyclic) bond motifs is 1. The van der Waals surface area contributed by atoms with Crippen molar-refractivity contribution in [3.05, 3.63) is 76.5 Å². The SMILES string of the molecule is CCS(=O)(=O)Cc1ccc(Oc2ccc(F)cc2F)c(-c2cn(C)c(=O)c3ncoc23)c1. The van der Waals surface area contributed by atoms with Gasteiger partial charge in [-0.3, -0.25) is 4.79 Å². The normalized spacial score (nSPS) is 11.8. The molecule has 7 nitrogen and oxygen atoms in total. The molecule has 0 N–H and O–H groups in total. The molecule has 4 rings (SSSR count). The number of rotatable bonds is 6. The second-order valence-corrected chi connectivity index (χ2v) is 9.53. The number of oxazole rings is 1. The van der Waals surface area contributed by atoms with Crippen molar-refractivity contribution in [1.82, 2.24) is 9.55 Å². The van der Waals surface area contributed by atoms with Crippen LogP contribution in [-0.4, -0.2) is 23.7 Å². The first kappa shape index (κ1) is 21.7. The molecule has 2 aromatic heterocycles. The summed E-state index contributed by atoms with van der Waals surface area (Å²) >= 11 is 0. The minimum absolute atomic E-state index is 0.0342. The van der Waals surface area contributed by atoms with E-state index >= 15 is 0 Å². The van der Waals surface area contributed by atoms with Crippen LogP contribution < -0.4 is 10.3 Å². The van der Waals surface area contributed by atoms with E-state index in [-0.39, 0.29) is 39.7 Å². The van der Waals surface area contributed by atoms with Crippen molar-refractivity contribution in [2.45, 2.75) is 12.7 Å². The second kappa shape index (κ2) is 8.19. The smallest absolute Gasteiger partial charge is 0.280 e. The molecule has 2 aromatic carbocycles. The molecule has 4 aromatic rings. The molecular formula is C22H18F2N2O5S. The molecule has 2 heterocycles. The van der Waals surface area contributed by atoms with Crippen LogP contribution in [0.15, 0.2) is 58.2 Å². The minimum atomic E-state index is -3.33.